The van der Waals surface area contributed by atoms with Crippen LogP contribution < -0.4 is 14.8 Å². The molecular formula is C27H45NO4. The quantitative estimate of drug-likeness (QED) is 0.271. The molecule has 1 aliphatic heterocycles. The molecule has 1 saturated heterocycles. The molecule has 5 nitrogen and oxygen atoms in total. The van der Waals surface area contributed by atoms with Crippen molar-refractivity contribution in [1.29, 1.82) is 0 Å². The van der Waals surface area contributed by atoms with Crippen molar-refractivity contribution in [3.05, 3.63) is 23.8 Å². The lowest BCUT2D eigenvalue weighted by Gasteiger charge is -2.21. The van der Waals surface area contributed by atoms with E-state index in [1.165, 1.54) is 44.9 Å². The Labute approximate surface area is 195 Å². The van der Waals surface area contributed by atoms with Gasteiger partial charge in [-0.3, -0.25) is 4.79 Å². The topological polar surface area (TPSA) is 56.8 Å². The standard InChI is InChI=1S/C27H45NO4/c1-4-7-8-9-10-11-12-14-23(13-5-2)31-25-18-22(27(29)28-16-6-3)19-26(20-25)32-24-15-17-30-21-24/h18-20,23-24H,4-17,21H2,1-3H3,(H,28,29)/t23?,24-/m0/s1. The Morgan fingerprint density at radius 3 is 2.41 bits per heavy atom. The van der Waals surface area contributed by atoms with E-state index >= 15 is 0 Å². The second kappa shape index (κ2) is 16.0. The minimum Gasteiger partial charge on any atom is -0.490 e. The number of nitrogens with one attached hydrogen (secondary N) is 1. The summed E-state index contributed by atoms with van der Waals surface area (Å²) in [4.78, 5) is 12.6. The molecule has 0 saturated carbocycles. The SMILES string of the molecule is CCCCCCCCCC(CCC)Oc1cc(O[C@H]2CCOC2)cc(C(=O)NCCC)c1. The molecule has 2 atom stereocenters. The molecule has 32 heavy (non-hydrogen) atoms. The third-order valence-electron chi connectivity index (χ3n) is 5.91. The molecule has 182 valence electrons. The van der Waals surface area contributed by atoms with E-state index in [-0.39, 0.29) is 18.1 Å². The first kappa shape index (κ1) is 26.5. The number of hydrogen-bond donors (Lipinski definition) is 1. The van der Waals surface area contributed by atoms with Crippen LogP contribution in [0.1, 0.15) is 108 Å². The van der Waals surface area contributed by atoms with Gasteiger partial charge >= 0.3 is 0 Å². The average Bonchev–Trinajstić information content (AvgIpc) is 3.29. The fourth-order valence-electron chi connectivity index (χ4n) is 4.08. The molecule has 0 radical (unpaired) electrons. The van der Waals surface area contributed by atoms with Crippen molar-refractivity contribution in [2.75, 3.05) is 19.8 Å². The molecule has 0 bridgehead atoms. The minimum absolute atomic E-state index is 0.0379. The van der Waals surface area contributed by atoms with Gasteiger partial charge in [0.2, 0.25) is 0 Å². The van der Waals surface area contributed by atoms with E-state index in [0.29, 0.717) is 24.5 Å². The molecule has 2 rings (SSSR count). The summed E-state index contributed by atoms with van der Waals surface area (Å²) in [5.74, 6) is 1.33. The number of benzene rings is 1. The van der Waals surface area contributed by atoms with Gasteiger partial charge < -0.3 is 19.5 Å². The molecule has 0 aromatic heterocycles. The predicted octanol–water partition coefficient (Wildman–Crippen LogP) is 6.68. The average molecular weight is 448 g/mol. The molecule has 5 heteroatoms. The van der Waals surface area contributed by atoms with Gasteiger partial charge in [0.25, 0.3) is 5.91 Å². The van der Waals surface area contributed by atoms with Crippen LogP contribution >= 0.6 is 0 Å². The van der Waals surface area contributed by atoms with Crippen LogP contribution in [0, 0.1) is 0 Å². The Bertz CT molecular complexity index is 643. The molecule has 1 fully saturated rings. The number of rotatable bonds is 17. The van der Waals surface area contributed by atoms with Crippen molar-refractivity contribution >= 4 is 5.91 Å². The highest BCUT2D eigenvalue weighted by Crippen LogP contribution is 2.28. The Balaban J connectivity index is 2.00. The maximum atomic E-state index is 12.6. The van der Waals surface area contributed by atoms with Crippen molar-refractivity contribution in [2.45, 2.75) is 110 Å². The smallest absolute Gasteiger partial charge is 0.251 e. The molecule has 1 amide bonds. The van der Waals surface area contributed by atoms with Gasteiger partial charge in [-0.1, -0.05) is 65.7 Å². The first-order valence-electron chi connectivity index (χ1n) is 13.0. The molecule has 1 aliphatic rings. The van der Waals surface area contributed by atoms with Gasteiger partial charge in [0, 0.05) is 24.6 Å². The molecule has 0 spiro atoms. The Morgan fingerprint density at radius 1 is 0.969 bits per heavy atom. The molecule has 1 aromatic rings. The second-order valence-electron chi connectivity index (χ2n) is 8.99. The van der Waals surface area contributed by atoms with Gasteiger partial charge in [-0.25, -0.2) is 0 Å². The fraction of sp³-hybridized carbons (Fsp3) is 0.741. The third-order valence-corrected chi connectivity index (χ3v) is 5.91. The minimum atomic E-state index is -0.0797. The number of ether oxygens (including phenoxy) is 3. The predicted molar refractivity (Wildman–Crippen MR) is 131 cm³/mol. The summed E-state index contributed by atoms with van der Waals surface area (Å²) in [5.41, 5.74) is 0.594. The number of carbonyl (C=O) groups is 1. The fourth-order valence-corrected chi connectivity index (χ4v) is 4.08. The maximum absolute atomic E-state index is 12.6. The van der Waals surface area contributed by atoms with E-state index in [1.54, 1.807) is 0 Å². The van der Waals surface area contributed by atoms with Gasteiger partial charge in [0.15, 0.2) is 0 Å². The van der Waals surface area contributed by atoms with E-state index in [2.05, 4.69) is 19.2 Å². The first-order chi connectivity index (χ1) is 15.7. The van der Waals surface area contributed by atoms with Crippen LogP contribution in [0.5, 0.6) is 11.5 Å². The van der Waals surface area contributed by atoms with Crippen LogP contribution in [0.4, 0.5) is 0 Å². The van der Waals surface area contributed by atoms with Crippen molar-refractivity contribution in [1.82, 2.24) is 5.32 Å². The summed E-state index contributed by atoms with van der Waals surface area (Å²) in [6, 6.07) is 5.61. The van der Waals surface area contributed by atoms with Crippen molar-refractivity contribution < 1.29 is 19.0 Å². The number of amides is 1. The normalized spacial score (nSPS) is 16.7. The summed E-state index contributed by atoms with van der Waals surface area (Å²) in [5, 5.41) is 2.96. The van der Waals surface area contributed by atoms with Gasteiger partial charge in [0.1, 0.15) is 17.6 Å². The lowest BCUT2D eigenvalue weighted by atomic mass is 10.0. The maximum Gasteiger partial charge on any atom is 0.251 e. The highest BCUT2D eigenvalue weighted by atomic mass is 16.5. The molecule has 1 aromatic carbocycles. The van der Waals surface area contributed by atoms with Gasteiger partial charge in [-0.2, -0.15) is 0 Å². The van der Waals surface area contributed by atoms with E-state index < -0.39 is 0 Å². The summed E-state index contributed by atoms with van der Waals surface area (Å²) in [7, 11) is 0. The van der Waals surface area contributed by atoms with Crippen LogP contribution in [0.3, 0.4) is 0 Å². The Kier molecular flexibility index (Phi) is 13.2. The zero-order valence-corrected chi connectivity index (χ0v) is 20.6. The molecule has 1 unspecified atom stereocenters. The van der Waals surface area contributed by atoms with Crippen molar-refractivity contribution in [2.24, 2.45) is 0 Å². The lowest BCUT2D eigenvalue weighted by Crippen LogP contribution is -2.24. The van der Waals surface area contributed by atoms with E-state index in [4.69, 9.17) is 14.2 Å². The molecular weight excluding hydrogens is 402 g/mol. The number of unbranched alkanes of at least 4 members (excludes halogenated alkanes) is 6. The van der Waals surface area contributed by atoms with Crippen LogP contribution in [0.2, 0.25) is 0 Å². The second-order valence-corrected chi connectivity index (χ2v) is 8.99. The number of hydrogen-bond acceptors (Lipinski definition) is 4. The van der Waals surface area contributed by atoms with E-state index in [1.807, 2.05) is 25.1 Å². The van der Waals surface area contributed by atoms with Crippen LogP contribution in [-0.2, 0) is 4.74 Å². The molecule has 0 aliphatic carbocycles. The Morgan fingerprint density at radius 2 is 1.72 bits per heavy atom. The zero-order chi connectivity index (χ0) is 23.0. The van der Waals surface area contributed by atoms with E-state index in [0.717, 1.165) is 44.5 Å². The Hall–Kier alpha value is -1.75. The lowest BCUT2D eigenvalue weighted by molar-refractivity contribution is 0.0951. The van der Waals surface area contributed by atoms with Crippen LogP contribution in [0.15, 0.2) is 18.2 Å². The zero-order valence-electron chi connectivity index (χ0n) is 20.6. The summed E-state index contributed by atoms with van der Waals surface area (Å²) in [6.07, 6.45) is 14.3. The van der Waals surface area contributed by atoms with Crippen LogP contribution in [0.25, 0.3) is 0 Å². The molecule has 1 heterocycles. The summed E-state index contributed by atoms with van der Waals surface area (Å²) in [6.45, 7) is 8.49. The molecule has 1 N–H and O–H groups in total. The van der Waals surface area contributed by atoms with Gasteiger partial charge in [-0.15, -0.1) is 0 Å². The monoisotopic (exact) mass is 447 g/mol. The van der Waals surface area contributed by atoms with Crippen LogP contribution in [-0.4, -0.2) is 37.9 Å². The highest BCUT2D eigenvalue weighted by Gasteiger charge is 2.19. The largest absolute Gasteiger partial charge is 0.490 e. The van der Waals surface area contributed by atoms with E-state index in [9.17, 15) is 4.79 Å². The van der Waals surface area contributed by atoms with Gasteiger partial charge in [0.05, 0.1) is 19.3 Å². The summed E-state index contributed by atoms with van der Waals surface area (Å²) >= 11 is 0. The van der Waals surface area contributed by atoms with Crippen molar-refractivity contribution in [3.63, 3.8) is 0 Å². The highest BCUT2D eigenvalue weighted by molar-refractivity contribution is 5.95. The summed E-state index contributed by atoms with van der Waals surface area (Å²) < 4.78 is 18.0. The van der Waals surface area contributed by atoms with Gasteiger partial charge in [-0.05, 0) is 37.8 Å². The first-order valence-corrected chi connectivity index (χ1v) is 13.0. The third kappa shape index (κ3) is 10.2. The van der Waals surface area contributed by atoms with Crippen molar-refractivity contribution in [3.8, 4) is 11.5 Å². The number of carbonyl (C=O) groups excluding carboxylic acids is 1.